The van der Waals surface area contributed by atoms with E-state index >= 15 is 0 Å². The van der Waals surface area contributed by atoms with Gasteiger partial charge in [0.2, 0.25) is 0 Å². The van der Waals surface area contributed by atoms with Crippen molar-refractivity contribution < 1.29 is 4.42 Å². The lowest BCUT2D eigenvalue weighted by Gasteiger charge is -2.07. The van der Waals surface area contributed by atoms with Crippen molar-refractivity contribution in [3.05, 3.63) is 33.5 Å². The molecule has 19 heavy (non-hydrogen) atoms. The van der Waals surface area contributed by atoms with Gasteiger partial charge in [-0.05, 0) is 30.9 Å². The van der Waals surface area contributed by atoms with Gasteiger partial charge in [-0.3, -0.25) is 0 Å². The SMILES string of the molecule is CC(C)c1c(CNC2CC2)oc2c(Cl)ccc(Cl)c12. The molecule has 1 aliphatic carbocycles. The minimum atomic E-state index is 0.355. The van der Waals surface area contributed by atoms with Crippen molar-refractivity contribution in [2.75, 3.05) is 0 Å². The highest BCUT2D eigenvalue weighted by atomic mass is 35.5. The molecule has 0 amide bonds. The fourth-order valence-corrected chi connectivity index (χ4v) is 2.91. The molecule has 2 nitrogen and oxygen atoms in total. The van der Waals surface area contributed by atoms with Gasteiger partial charge >= 0.3 is 0 Å². The minimum absolute atomic E-state index is 0.355. The second kappa shape index (κ2) is 5.01. The molecule has 1 saturated carbocycles. The van der Waals surface area contributed by atoms with Gasteiger partial charge < -0.3 is 9.73 Å². The first kappa shape index (κ1) is 13.3. The third-order valence-electron chi connectivity index (χ3n) is 3.56. The maximum absolute atomic E-state index is 6.33. The van der Waals surface area contributed by atoms with Crippen LogP contribution in [-0.2, 0) is 6.54 Å². The van der Waals surface area contributed by atoms with E-state index in [1.54, 1.807) is 6.07 Å². The lowest BCUT2D eigenvalue weighted by atomic mass is 9.99. The monoisotopic (exact) mass is 297 g/mol. The topological polar surface area (TPSA) is 25.2 Å². The van der Waals surface area contributed by atoms with Crippen LogP contribution in [0.5, 0.6) is 0 Å². The van der Waals surface area contributed by atoms with Gasteiger partial charge in [0.1, 0.15) is 5.76 Å². The number of hydrogen-bond donors (Lipinski definition) is 1. The van der Waals surface area contributed by atoms with Crippen LogP contribution in [0.2, 0.25) is 10.0 Å². The Kier molecular flexibility index (Phi) is 3.50. The van der Waals surface area contributed by atoms with Crippen molar-refractivity contribution >= 4 is 34.2 Å². The molecule has 0 spiro atoms. The van der Waals surface area contributed by atoms with E-state index in [2.05, 4.69) is 19.2 Å². The summed E-state index contributed by atoms with van der Waals surface area (Å²) in [5, 5.41) is 5.79. The van der Waals surface area contributed by atoms with Crippen molar-refractivity contribution in [2.45, 2.75) is 45.2 Å². The third kappa shape index (κ3) is 2.49. The van der Waals surface area contributed by atoms with Gasteiger partial charge in [-0.25, -0.2) is 0 Å². The van der Waals surface area contributed by atoms with Crippen LogP contribution in [0.3, 0.4) is 0 Å². The van der Waals surface area contributed by atoms with Crippen LogP contribution in [0, 0.1) is 0 Å². The Morgan fingerprint density at radius 2 is 1.95 bits per heavy atom. The molecule has 0 atom stereocenters. The average Bonchev–Trinajstić information content (AvgIpc) is 3.10. The molecular formula is C15H17Cl2NO. The summed E-state index contributed by atoms with van der Waals surface area (Å²) in [6.07, 6.45) is 2.53. The molecular weight excluding hydrogens is 281 g/mol. The maximum Gasteiger partial charge on any atom is 0.154 e. The lowest BCUT2D eigenvalue weighted by molar-refractivity contribution is 0.503. The Balaban J connectivity index is 2.11. The average molecular weight is 298 g/mol. The summed E-state index contributed by atoms with van der Waals surface area (Å²) in [6.45, 7) is 5.06. The zero-order valence-electron chi connectivity index (χ0n) is 11.1. The second-order valence-electron chi connectivity index (χ2n) is 5.48. The molecule has 0 aliphatic heterocycles. The van der Waals surface area contributed by atoms with E-state index in [0.29, 0.717) is 27.6 Å². The number of benzene rings is 1. The van der Waals surface area contributed by atoms with E-state index in [4.69, 9.17) is 27.6 Å². The summed E-state index contributed by atoms with van der Waals surface area (Å²) in [5.41, 5.74) is 1.89. The molecule has 1 heterocycles. The van der Waals surface area contributed by atoms with Gasteiger partial charge in [0.25, 0.3) is 0 Å². The van der Waals surface area contributed by atoms with E-state index in [1.807, 2.05) is 6.07 Å². The summed E-state index contributed by atoms with van der Waals surface area (Å²) in [6, 6.07) is 4.28. The first-order valence-corrected chi connectivity index (χ1v) is 7.46. The van der Waals surface area contributed by atoms with Gasteiger partial charge in [0, 0.05) is 17.0 Å². The Labute approximate surface area is 123 Å². The molecule has 1 fully saturated rings. The Morgan fingerprint density at radius 3 is 2.58 bits per heavy atom. The fourth-order valence-electron chi connectivity index (χ4n) is 2.47. The number of hydrogen-bond acceptors (Lipinski definition) is 2. The van der Waals surface area contributed by atoms with Gasteiger partial charge in [0.05, 0.1) is 16.6 Å². The number of fused-ring (bicyclic) bond motifs is 1. The van der Waals surface area contributed by atoms with E-state index < -0.39 is 0 Å². The van der Waals surface area contributed by atoms with Gasteiger partial charge in [-0.15, -0.1) is 0 Å². The quantitative estimate of drug-likeness (QED) is 0.848. The van der Waals surface area contributed by atoms with Crippen LogP contribution < -0.4 is 5.32 Å². The van der Waals surface area contributed by atoms with Crippen LogP contribution in [0.1, 0.15) is 43.9 Å². The van der Waals surface area contributed by atoms with Crippen LogP contribution in [-0.4, -0.2) is 6.04 Å². The first-order valence-electron chi connectivity index (χ1n) is 6.70. The summed E-state index contributed by atoms with van der Waals surface area (Å²) in [4.78, 5) is 0. The minimum Gasteiger partial charge on any atom is -0.458 e. The molecule has 1 N–H and O–H groups in total. The van der Waals surface area contributed by atoms with Gasteiger partial charge in [-0.1, -0.05) is 37.0 Å². The fraction of sp³-hybridized carbons (Fsp3) is 0.467. The first-order chi connectivity index (χ1) is 9.08. The summed E-state index contributed by atoms with van der Waals surface area (Å²) < 4.78 is 5.97. The molecule has 0 unspecified atom stereocenters. The summed E-state index contributed by atoms with van der Waals surface area (Å²) in [5.74, 6) is 1.32. The predicted molar refractivity (Wildman–Crippen MR) is 80.2 cm³/mol. The van der Waals surface area contributed by atoms with Crippen molar-refractivity contribution in [2.24, 2.45) is 0 Å². The third-order valence-corrected chi connectivity index (χ3v) is 4.17. The number of rotatable bonds is 4. The number of halogens is 2. The van der Waals surface area contributed by atoms with Crippen molar-refractivity contribution in [1.29, 1.82) is 0 Å². The molecule has 2 aromatic rings. The normalized spacial score (nSPS) is 15.6. The zero-order valence-corrected chi connectivity index (χ0v) is 12.6. The Hall–Kier alpha value is -0.700. The molecule has 1 aromatic heterocycles. The van der Waals surface area contributed by atoms with Crippen molar-refractivity contribution in [3.63, 3.8) is 0 Å². The second-order valence-corrected chi connectivity index (χ2v) is 6.30. The molecule has 102 valence electrons. The summed E-state index contributed by atoms with van der Waals surface area (Å²) in [7, 11) is 0. The molecule has 1 aliphatic rings. The van der Waals surface area contributed by atoms with Crippen molar-refractivity contribution in [3.8, 4) is 0 Å². The molecule has 0 radical (unpaired) electrons. The lowest BCUT2D eigenvalue weighted by Crippen LogP contribution is -2.15. The Bertz CT molecular complexity index is 614. The summed E-state index contributed by atoms with van der Waals surface area (Å²) >= 11 is 12.5. The van der Waals surface area contributed by atoms with E-state index in [1.165, 1.54) is 18.4 Å². The predicted octanol–water partition coefficient (Wildman–Crippen LogP) is 5.12. The highest BCUT2D eigenvalue weighted by Gasteiger charge is 2.24. The van der Waals surface area contributed by atoms with Crippen LogP contribution >= 0.6 is 23.2 Å². The highest BCUT2D eigenvalue weighted by molar-refractivity contribution is 6.40. The Morgan fingerprint density at radius 1 is 1.26 bits per heavy atom. The van der Waals surface area contributed by atoms with E-state index in [9.17, 15) is 0 Å². The standard InChI is InChI=1S/C15H17Cl2NO/c1-8(2)13-12(7-18-9-3-4-9)19-15-11(17)6-5-10(16)14(13)15/h5-6,8-9,18H,3-4,7H2,1-2H3. The molecule has 0 bridgehead atoms. The molecule has 1 aromatic carbocycles. The largest absolute Gasteiger partial charge is 0.458 e. The van der Waals surface area contributed by atoms with Crippen LogP contribution in [0.4, 0.5) is 0 Å². The van der Waals surface area contributed by atoms with E-state index in [-0.39, 0.29) is 0 Å². The van der Waals surface area contributed by atoms with Crippen LogP contribution in [0.15, 0.2) is 16.5 Å². The van der Waals surface area contributed by atoms with E-state index in [0.717, 1.165) is 17.7 Å². The molecule has 3 rings (SSSR count). The highest BCUT2D eigenvalue weighted by Crippen LogP contribution is 2.39. The van der Waals surface area contributed by atoms with Crippen LogP contribution in [0.25, 0.3) is 11.0 Å². The maximum atomic E-state index is 6.33. The number of nitrogens with one attached hydrogen (secondary N) is 1. The van der Waals surface area contributed by atoms with Gasteiger partial charge in [-0.2, -0.15) is 0 Å². The van der Waals surface area contributed by atoms with Gasteiger partial charge in [0.15, 0.2) is 5.58 Å². The molecule has 0 saturated heterocycles. The molecule has 4 heteroatoms. The number of furan rings is 1. The van der Waals surface area contributed by atoms with Crippen molar-refractivity contribution in [1.82, 2.24) is 5.32 Å². The zero-order chi connectivity index (χ0) is 13.6. The smallest absolute Gasteiger partial charge is 0.154 e.